The number of ether oxygens (including phenoxy) is 2. The van der Waals surface area contributed by atoms with E-state index < -0.39 is 29.2 Å². The van der Waals surface area contributed by atoms with Crippen molar-refractivity contribution in [3.8, 4) is 0 Å². The molecule has 3 atom stereocenters. The van der Waals surface area contributed by atoms with Crippen molar-refractivity contribution in [1.29, 1.82) is 0 Å². The van der Waals surface area contributed by atoms with Crippen LogP contribution < -0.4 is 0 Å². The lowest BCUT2D eigenvalue weighted by Crippen LogP contribution is -2.52. The highest BCUT2D eigenvalue weighted by atomic mass is 16.7. The summed E-state index contributed by atoms with van der Waals surface area (Å²) in [5.41, 5.74) is -0.413. The van der Waals surface area contributed by atoms with Gasteiger partial charge in [-0.05, 0) is 19.3 Å². The van der Waals surface area contributed by atoms with Crippen LogP contribution in [0.25, 0.3) is 0 Å². The number of hydrogen-bond acceptors (Lipinski definition) is 4. The average molecular weight is 260 g/mol. The molecule has 3 unspecified atom stereocenters. The molecule has 0 aromatic rings. The maximum Gasteiger partial charge on any atom is 0.309 e. The Hall–Kier alpha value is -0.650. The lowest BCUT2D eigenvalue weighted by molar-refractivity contribution is -0.315. The Balaban J connectivity index is 2.94. The van der Waals surface area contributed by atoms with E-state index in [0.29, 0.717) is 6.42 Å². The number of aliphatic hydroxyl groups excluding tert-OH is 1. The monoisotopic (exact) mass is 260 g/mol. The van der Waals surface area contributed by atoms with Crippen LogP contribution in [-0.2, 0) is 14.3 Å². The summed E-state index contributed by atoms with van der Waals surface area (Å²) < 4.78 is 11.3. The molecule has 0 aliphatic carbocycles. The predicted molar refractivity (Wildman–Crippen MR) is 66.1 cm³/mol. The molecule has 5 nitrogen and oxygen atoms in total. The van der Waals surface area contributed by atoms with Crippen LogP contribution >= 0.6 is 0 Å². The molecule has 1 saturated heterocycles. The Morgan fingerprint density at radius 1 is 1.39 bits per heavy atom. The van der Waals surface area contributed by atoms with Crippen LogP contribution in [0.4, 0.5) is 0 Å². The molecular formula is C13H24O5. The average Bonchev–Trinajstić information content (AvgIpc) is 2.11. The van der Waals surface area contributed by atoms with Crippen molar-refractivity contribution in [3.63, 3.8) is 0 Å². The van der Waals surface area contributed by atoms with Crippen LogP contribution in [0.2, 0.25) is 0 Å². The van der Waals surface area contributed by atoms with Gasteiger partial charge in [0.2, 0.25) is 0 Å². The quantitative estimate of drug-likeness (QED) is 0.806. The Morgan fingerprint density at radius 2 is 1.94 bits per heavy atom. The molecule has 0 aromatic carbocycles. The highest BCUT2D eigenvalue weighted by Gasteiger charge is 2.45. The van der Waals surface area contributed by atoms with E-state index in [2.05, 4.69) is 0 Å². The Morgan fingerprint density at radius 3 is 2.33 bits per heavy atom. The molecule has 1 fully saturated rings. The minimum atomic E-state index is -0.873. The van der Waals surface area contributed by atoms with E-state index in [1.165, 1.54) is 0 Å². The van der Waals surface area contributed by atoms with Crippen LogP contribution in [0.3, 0.4) is 0 Å². The number of carboxylic acids is 1. The summed E-state index contributed by atoms with van der Waals surface area (Å²) in [4.78, 5) is 11.5. The molecule has 0 aromatic heterocycles. The number of carboxylic acid groups (broad SMARTS) is 1. The molecule has 1 rings (SSSR count). The fourth-order valence-corrected chi connectivity index (χ4v) is 2.55. The van der Waals surface area contributed by atoms with Gasteiger partial charge < -0.3 is 19.7 Å². The number of rotatable bonds is 3. The van der Waals surface area contributed by atoms with Crippen molar-refractivity contribution >= 4 is 5.97 Å². The summed E-state index contributed by atoms with van der Waals surface area (Å²) >= 11 is 0. The number of aliphatic carboxylic acids is 1. The minimum absolute atomic E-state index is 0.125. The summed E-state index contributed by atoms with van der Waals surface area (Å²) in [7, 11) is 0. The molecule has 1 heterocycles. The first-order chi connectivity index (χ1) is 8.07. The van der Waals surface area contributed by atoms with Crippen LogP contribution in [0, 0.1) is 11.3 Å². The molecule has 18 heavy (non-hydrogen) atoms. The van der Waals surface area contributed by atoms with E-state index in [4.69, 9.17) is 9.47 Å². The van der Waals surface area contributed by atoms with Crippen molar-refractivity contribution in [2.75, 3.05) is 6.61 Å². The highest BCUT2D eigenvalue weighted by molar-refractivity contribution is 5.71. The summed E-state index contributed by atoms with van der Waals surface area (Å²) in [6.45, 7) is 9.00. The van der Waals surface area contributed by atoms with Crippen molar-refractivity contribution < 1.29 is 24.5 Å². The molecule has 0 radical (unpaired) electrons. The smallest absolute Gasteiger partial charge is 0.309 e. The molecule has 106 valence electrons. The maximum absolute atomic E-state index is 11.5. The topological polar surface area (TPSA) is 76.0 Å². The second-order valence-corrected chi connectivity index (χ2v) is 6.40. The van der Waals surface area contributed by atoms with E-state index >= 15 is 0 Å². The van der Waals surface area contributed by atoms with Crippen LogP contribution in [0.5, 0.6) is 0 Å². The van der Waals surface area contributed by atoms with Gasteiger partial charge in [0.05, 0.1) is 24.7 Å². The largest absolute Gasteiger partial charge is 0.481 e. The molecule has 1 aliphatic rings. The van der Waals surface area contributed by atoms with E-state index in [1.54, 1.807) is 13.8 Å². The van der Waals surface area contributed by atoms with Crippen LogP contribution in [0.15, 0.2) is 0 Å². The zero-order chi connectivity index (χ0) is 14.1. The molecule has 1 aliphatic heterocycles. The van der Waals surface area contributed by atoms with Crippen molar-refractivity contribution in [2.45, 2.75) is 59.0 Å². The van der Waals surface area contributed by atoms with Gasteiger partial charge in [0.25, 0.3) is 0 Å². The molecule has 5 heteroatoms. The number of carbonyl (C=O) groups is 1. The van der Waals surface area contributed by atoms with Gasteiger partial charge in [-0.1, -0.05) is 20.8 Å². The van der Waals surface area contributed by atoms with E-state index in [0.717, 1.165) is 0 Å². The first-order valence-corrected chi connectivity index (χ1v) is 6.26. The standard InChI is InChI=1S/C13H24O5/c1-12(2,3)10(11(15)16)9-6-8(7-14)17-13(4,5)18-9/h8-10,14H,6-7H2,1-5H3,(H,15,16). The normalized spacial score (nSPS) is 29.9. The second-order valence-electron chi connectivity index (χ2n) is 6.40. The van der Waals surface area contributed by atoms with Crippen LogP contribution in [-0.4, -0.2) is 40.8 Å². The van der Waals surface area contributed by atoms with Crippen LogP contribution in [0.1, 0.15) is 41.0 Å². The summed E-state index contributed by atoms with van der Waals surface area (Å²) in [5.74, 6) is -2.37. The zero-order valence-corrected chi connectivity index (χ0v) is 11.8. The molecule has 0 saturated carbocycles. The van der Waals surface area contributed by atoms with Gasteiger partial charge in [-0.15, -0.1) is 0 Å². The molecular weight excluding hydrogens is 236 g/mol. The molecule has 0 spiro atoms. The second kappa shape index (κ2) is 5.15. The van der Waals surface area contributed by atoms with Gasteiger partial charge in [0.15, 0.2) is 5.79 Å². The Labute approximate surface area is 108 Å². The zero-order valence-electron chi connectivity index (χ0n) is 11.8. The fourth-order valence-electron chi connectivity index (χ4n) is 2.55. The first kappa shape index (κ1) is 15.4. The lowest BCUT2D eigenvalue weighted by Gasteiger charge is -2.44. The third-order valence-electron chi connectivity index (χ3n) is 3.16. The fraction of sp³-hybridized carbons (Fsp3) is 0.923. The summed E-state index contributed by atoms with van der Waals surface area (Å²) in [6, 6.07) is 0. The lowest BCUT2D eigenvalue weighted by atomic mass is 9.75. The highest BCUT2D eigenvalue weighted by Crippen LogP contribution is 2.38. The van der Waals surface area contributed by atoms with E-state index in [-0.39, 0.29) is 12.7 Å². The van der Waals surface area contributed by atoms with Crippen molar-refractivity contribution in [2.24, 2.45) is 11.3 Å². The first-order valence-electron chi connectivity index (χ1n) is 6.26. The van der Waals surface area contributed by atoms with Gasteiger partial charge in [-0.25, -0.2) is 0 Å². The summed E-state index contributed by atoms with van der Waals surface area (Å²) in [6.07, 6.45) is -0.430. The Bertz CT molecular complexity index is 305. The third-order valence-corrected chi connectivity index (χ3v) is 3.16. The van der Waals surface area contributed by atoms with Crippen molar-refractivity contribution in [1.82, 2.24) is 0 Å². The van der Waals surface area contributed by atoms with Gasteiger partial charge in [-0.3, -0.25) is 4.79 Å². The number of aliphatic hydroxyl groups is 1. The minimum Gasteiger partial charge on any atom is -0.481 e. The van der Waals surface area contributed by atoms with Gasteiger partial charge in [0, 0.05) is 6.42 Å². The molecule has 0 bridgehead atoms. The predicted octanol–water partition coefficient (Wildman–Crippen LogP) is 1.64. The van der Waals surface area contributed by atoms with Gasteiger partial charge >= 0.3 is 5.97 Å². The molecule has 0 amide bonds. The summed E-state index contributed by atoms with van der Waals surface area (Å²) in [5, 5.41) is 18.6. The van der Waals surface area contributed by atoms with E-state index in [1.807, 2.05) is 20.8 Å². The SMILES string of the molecule is CC1(C)OC(CO)CC(C(C(=O)O)C(C)(C)C)O1. The van der Waals surface area contributed by atoms with Crippen molar-refractivity contribution in [3.05, 3.63) is 0 Å². The third kappa shape index (κ3) is 3.67. The number of hydrogen-bond donors (Lipinski definition) is 2. The van der Waals surface area contributed by atoms with Gasteiger partial charge in [-0.2, -0.15) is 0 Å². The molecule has 2 N–H and O–H groups in total. The van der Waals surface area contributed by atoms with Gasteiger partial charge in [0.1, 0.15) is 0 Å². The Kier molecular flexibility index (Phi) is 4.41. The maximum atomic E-state index is 11.5. The van der Waals surface area contributed by atoms with E-state index in [9.17, 15) is 15.0 Å².